The first-order chi connectivity index (χ1) is 10.2. The zero-order valence-electron chi connectivity index (χ0n) is 13.0. The van der Waals surface area contributed by atoms with Crippen molar-refractivity contribution in [1.29, 1.82) is 0 Å². The Kier molecular flexibility index (Phi) is 7.00. The van der Waals surface area contributed by atoms with E-state index in [0.717, 1.165) is 16.1 Å². The molecule has 0 spiro atoms. The van der Waals surface area contributed by atoms with E-state index in [9.17, 15) is 0 Å². The lowest BCUT2D eigenvalue weighted by Crippen LogP contribution is -2.19. The van der Waals surface area contributed by atoms with Gasteiger partial charge in [0.25, 0.3) is 0 Å². The van der Waals surface area contributed by atoms with Crippen LogP contribution in [0.1, 0.15) is 43.7 Å². The molecule has 0 amide bonds. The van der Waals surface area contributed by atoms with Crippen LogP contribution in [0.25, 0.3) is 0 Å². The second-order valence-corrected chi connectivity index (χ2v) is 6.61. The maximum atomic E-state index is 5.69. The molecular formula is C17H26BrNO2. The topological polar surface area (TPSA) is 30.5 Å². The van der Waals surface area contributed by atoms with Gasteiger partial charge in [0.1, 0.15) is 12.4 Å². The Balaban J connectivity index is 1.98. The molecule has 1 aliphatic carbocycles. The molecule has 1 N–H and O–H groups in total. The van der Waals surface area contributed by atoms with Gasteiger partial charge in [-0.25, -0.2) is 0 Å². The van der Waals surface area contributed by atoms with Crippen molar-refractivity contribution in [2.45, 2.75) is 38.1 Å². The molecule has 1 aliphatic rings. The third-order valence-corrected chi connectivity index (χ3v) is 4.92. The van der Waals surface area contributed by atoms with Crippen molar-refractivity contribution >= 4 is 15.9 Å². The van der Waals surface area contributed by atoms with E-state index in [1.165, 1.54) is 37.7 Å². The second kappa shape index (κ2) is 8.76. The summed E-state index contributed by atoms with van der Waals surface area (Å²) in [5.41, 5.74) is 1.33. The third-order valence-electron chi connectivity index (χ3n) is 4.30. The molecule has 2 rings (SSSR count). The Hall–Kier alpha value is -0.580. The fourth-order valence-electron chi connectivity index (χ4n) is 3.09. The van der Waals surface area contributed by atoms with Gasteiger partial charge >= 0.3 is 0 Å². The van der Waals surface area contributed by atoms with Gasteiger partial charge in [0.15, 0.2) is 0 Å². The van der Waals surface area contributed by atoms with Crippen LogP contribution in [0.5, 0.6) is 5.75 Å². The molecule has 118 valence electrons. The first-order valence-corrected chi connectivity index (χ1v) is 8.62. The van der Waals surface area contributed by atoms with E-state index in [4.69, 9.17) is 9.47 Å². The number of hydrogen-bond donors (Lipinski definition) is 1. The van der Waals surface area contributed by atoms with Gasteiger partial charge in [0.05, 0.1) is 11.1 Å². The Morgan fingerprint density at radius 1 is 1.29 bits per heavy atom. The summed E-state index contributed by atoms with van der Waals surface area (Å²) >= 11 is 3.62. The Morgan fingerprint density at radius 3 is 2.67 bits per heavy atom. The molecule has 1 aromatic rings. The van der Waals surface area contributed by atoms with E-state index in [-0.39, 0.29) is 0 Å². The molecular weight excluding hydrogens is 330 g/mol. The number of rotatable bonds is 8. The molecule has 3 nitrogen and oxygen atoms in total. The number of nitrogens with one attached hydrogen (secondary N) is 1. The van der Waals surface area contributed by atoms with Crippen LogP contribution in [0.3, 0.4) is 0 Å². The summed E-state index contributed by atoms with van der Waals surface area (Å²) < 4.78 is 11.7. The van der Waals surface area contributed by atoms with Gasteiger partial charge in [-0.2, -0.15) is 0 Å². The van der Waals surface area contributed by atoms with Crippen LogP contribution in [-0.4, -0.2) is 27.4 Å². The molecule has 1 aromatic carbocycles. The largest absolute Gasteiger partial charge is 0.490 e. The average Bonchev–Trinajstić information content (AvgIpc) is 2.99. The maximum Gasteiger partial charge on any atom is 0.133 e. The van der Waals surface area contributed by atoms with Crippen molar-refractivity contribution in [2.24, 2.45) is 5.92 Å². The molecule has 0 saturated heterocycles. The van der Waals surface area contributed by atoms with Gasteiger partial charge < -0.3 is 14.8 Å². The fourth-order valence-corrected chi connectivity index (χ4v) is 3.60. The monoisotopic (exact) mass is 355 g/mol. The van der Waals surface area contributed by atoms with Crippen LogP contribution < -0.4 is 10.1 Å². The zero-order chi connectivity index (χ0) is 15.1. The lowest BCUT2D eigenvalue weighted by molar-refractivity contribution is 0.146. The molecule has 0 aliphatic heterocycles. The van der Waals surface area contributed by atoms with Gasteiger partial charge in [-0.05, 0) is 53.0 Å². The lowest BCUT2D eigenvalue weighted by Gasteiger charge is -2.21. The van der Waals surface area contributed by atoms with Crippen molar-refractivity contribution in [3.05, 3.63) is 28.2 Å². The molecule has 1 atom stereocenters. The molecule has 1 saturated carbocycles. The molecule has 0 radical (unpaired) electrons. The van der Waals surface area contributed by atoms with Crippen LogP contribution in [0.4, 0.5) is 0 Å². The van der Waals surface area contributed by atoms with E-state index in [1.54, 1.807) is 7.11 Å². The summed E-state index contributed by atoms with van der Waals surface area (Å²) in [5.74, 6) is 1.75. The lowest BCUT2D eigenvalue weighted by atomic mass is 9.93. The van der Waals surface area contributed by atoms with Crippen LogP contribution in [0.2, 0.25) is 0 Å². The Bertz CT molecular complexity index is 433. The predicted molar refractivity (Wildman–Crippen MR) is 89.9 cm³/mol. The molecule has 1 unspecified atom stereocenters. The minimum Gasteiger partial charge on any atom is -0.490 e. The third kappa shape index (κ3) is 4.97. The molecule has 0 heterocycles. The molecule has 0 aromatic heterocycles. The summed E-state index contributed by atoms with van der Waals surface area (Å²) in [6, 6.07) is 6.83. The van der Waals surface area contributed by atoms with Crippen LogP contribution in [-0.2, 0) is 4.74 Å². The van der Waals surface area contributed by atoms with Crippen LogP contribution >= 0.6 is 15.9 Å². The summed E-state index contributed by atoms with van der Waals surface area (Å²) in [6.45, 7) is 1.18. The van der Waals surface area contributed by atoms with Crippen LogP contribution in [0, 0.1) is 5.92 Å². The second-order valence-electron chi connectivity index (χ2n) is 5.76. The normalized spacial score (nSPS) is 17.1. The van der Waals surface area contributed by atoms with Gasteiger partial charge in [0.2, 0.25) is 0 Å². The van der Waals surface area contributed by atoms with E-state index < -0.39 is 0 Å². The van der Waals surface area contributed by atoms with Gasteiger partial charge in [-0.3, -0.25) is 0 Å². The van der Waals surface area contributed by atoms with E-state index >= 15 is 0 Å². The van der Waals surface area contributed by atoms with Crippen molar-refractivity contribution in [3.63, 3.8) is 0 Å². The Morgan fingerprint density at radius 2 is 2.05 bits per heavy atom. The highest BCUT2D eigenvalue weighted by Crippen LogP contribution is 2.35. The van der Waals surface area contributed by atoms with E-state index in [2.05, 4.69) is 40.4 Å². The highest BCUT2D eigenvalue weighted by Gasteiger charge is 2.20. The van der Waals surface area contributed by atoms with Gasteiger partial charge in [0, 0.05) is 13.2 Å². The number of hydrogen-bond acceptors (Lipinski definition) is 3. The summed E-state index contributed by atoms with van der Waals surface area (Å²) in [7, 11) is 3.73. The molecule has 0 bridgehead atoms. The fraction of sp³-hybridized carbons (Fsp3) is 0.647. The summed E-state index contributed by atoms with van der Waals surface area (Å²) in [4.78, 5) is 0. The van der Waals surface area contributed by atoms with Crippen molar-refractivity contribution in [1.82, 2.24) is 5.32 Å². The van der Waals surface area contributed by atoms with Crippen molar-refractivity contribution < 1.29 is 9.47 Å². The summed E-state index contributed by atoms with van der Waals surface area (Å²) in [6.07, 6.45) is 6.80. The van der Waals surface area contributed by atoms with Gasteiger partial charge in [-0.1, -0.05) is 31.7 Å². The number of methoxy groups -OCH3 is 1. The maximum absolute atomic E-state index is 5.69. The Labute approximate surface area is 136 Å². The first-order valence-electron chi connectivity index (χ1n) is 7.83. The molecule has 4 heteroatoms. The number of halogens is 1. The quantitative estimate of drug-likeness (QED) is 0.704. The molecule has 1 fully saturated rings. The first kappa shape index (κ1) is 16.8. The highest BCUT2D eigenvalue weighted by molar-refractivity contribution is 9.10. The molecule has 21 heavy (non-hydrogen) atoms. The van der Waals surface area contributed by atoms with Gasteiger partial charge in [-0.15, -0.1) is 0 Å². The van der Waals surface area contributed by atoms with Crippen molar-refractivity contribution in [3.8, 4) is 5.75 Å². The predicted octanol–water partition coefficient (Wildman–Crippen LogP) is 4.32. The number of ether oxygens (including phenoxy) is 2. The van der Waals surface area contributed by atoms with E-state index in [0.29, 0.717) is 19.3 Å². The minimum atomic E-state index is 0.428. The average molecular weight is 356 g/mol. The highest BCUT2D eigenvalue weighted by atomic mass is 79.9. The zero-order valence-corrected chi connectivity index (χ0v) is 14.6. The number of benzene rings is 1. The smallest absolute Gasteiger partial charge is 0.133 e. The minimum absolute atomic E-state index is 0.428. The van der Waals surface area contributed by atoms with Crippen molar-refractivity contribution in [2.75, 3.05) is 27.4 Å². The van der Waals surface area contributed by atoms with E-state index in [1.807, 2.05) is 6.07 Å². The van der Waals surface area contributed by atoms with Crippen LogP contribution in [0.15, 0.2) is 22.7 Å². The SMILES string of the molecule is CNC(CC1CCCC1)c1ccc(OCCOC)c(Br)c1. The summed E-state index contributed by atoms with van der Waals surface area (Å²) in [5, 5.41) is 3.46. The standard InChI is InChI=1S/C17H26BrNO2/c1-19-16(11-13-5-3-4-6-13)14-7-8-17(15(18)12-14)21-10-9-20-2/h7-8,12-13,16,19H,3-6,9-11H2,1-2H3.